The lowest BCUT2D eigenvalue weighted by Crippen LogP contribution is -2.30. The predicted octanol–water partition coefficient (Wildman–Crippen LogP) is 4.10. The van der Waals surface area contributed by atoms with Crippen molar-refractivity contribution in [2.24, 2.45) is 0 Å². The van der Waals surface area contributed by atoms with Crippen molar-refractivity contribution in [3.8, 4) is 5.88 Å². The van der Waals surface area contributed by atoms with Gasteiger partial charge in [0.2, 0.25) is 5.88 Å². The summed E-state index contributed by atoms with van der Waals surface area (Å²) >= 11 is 12.0. The number of para-hydroxylation sites is 1. The summed E-state index contributed by atoms with van der Waals surface area (Å²) in [7, 11) is 0. The molecule has 0 aliphatic carbocycles. The van der Waals surface area contributed by atoms with Gasteiger partial charge in [0.1, 0.15) is 5.02 Å². The smallest absolute Gasteiger partial charge is 0.265 e. The molecule has 0 saturated heterocycles. The van der Waals surface area contributed by atoms with Crippen molar-refractivity contribution in [2.75, 3.05) is 5.32 Å². The minimum absolute atomic E-state index is 0.189. The number of pyridine rings is 1. The molecule has 6 heteroatoms. The normalized spacial score (nSPS) is 11.8. The first kappa shape index (κ1) is 15.6. The molecule has 110 valence electrons. The van der Waals surface area contributed by atoms with Gasteiger partial charge in [0.05, 0.1) is 5.02 Å². The largest absolute Gasteiger partial charge is 0.463 e. The Kier molecular flexibility index (Phi) is 5.04. The van der Waals surface area contributed by atoms with E-state index >= 15 is 0 Å². The fourth-order valence-corrected chi connectivity index (χ4v) is 1.99. The van der Waals surface area contributed by atoms with Crippen LogP contribution in [0.1, 0.15) is 12.5 Å². The number of nitrogens with one attached hydrogen (secondary N) is 1. The van der Waals surface area contributed by atoms with E-state index in [4.69, 9.17) is 27.9 Å². The van der Waals surface area contributed by atoms with Crippen LogP contribution in [-0.4, -0.2) is 17.0 Å². The molecule has 0 saturated carbocycles. The summed E-state index contributed by atoms with van der Waals surface area (Å²) < 4.78 is 5.50. The van der Waals surface area contributed by atoms with Crippen LogP contribution in [0.5, 0.6) is 5.88 Å². The fourth-order valence-electron chi connectivity index (χ4n) is 1.60. The van der Waals surface area contributed by atoms with Gasteiger partial charge in [-0.2, -0.15) is 0 Å². The molecule has 1 amide bonds. The summed E-state index contributed by atoms with van der Waals surface area (Å²) in [6, 6.07) is 9.13. The molecule has 1 aromatic heterocycles. The van der Waals surface area contributed by atoms with E-state index in [2.05, 4.69) is 10.3 Å². The standard InChI is InChI=1S/C15H14Cl2N2O2/c1-9-12(16)8-18-15(13(9)17)21-10(2)14(20)19-11-6-4-3-5-7-11/h3-8,10H,1-2H3,(H,19,20). The fraction of sp³-hybridized carbons (Fsp3) is 0.200. The van der Waals surface area contributed by atoms with Crippen LogP contribution >= 0.6 is 23.2 Å². The number of carbonyl (C=O) groups is 1. The van der Waals surface area contributed by atoms with E-state index in [0.717, 1.165) is 0 Å². The van der Waals surface area contributed by atoms with E-state index in [0.29, 0.717) is 21.3 Å². The van der Waals surface area contributed by atoms with Gasteiger partial charge in [-0.1, -0.05) is 41.4 Å². The zero-order chi connectivity index (χ0) is 15.4. The maximum absolute atomic E-state index is 12.0. The average molecular weight is 325 g/mol. The number of rotatable bonds is 4. The topological polar surface area (TPSA) is 51.2 Å². The summed E-state index contributed by atoms with van der Waals surface area (Å²) in [4.78, 5) is 16.0. The third-order valence-corrected chi connectivity index (χ3v) is 3.70. The van der Waals surface area contributed by atoms with Crippen molar-refractivity contribution < 1.29 is 9.53 Å². The van der Waals surface area contributed by atoms with Crippen LogP contribution in [0.25, 0.3) is 0 Å². The van der Waals surface area contributed by atoms with E-state index in [1.165, 1.54) is 6.20 Å². The van der Waals surface area contributed by atoms with Crippen molar-refractivity contribution in [2.45, 2.75) is 20.0 Å². The first-order valence-corrected chi connectivity index (χ1v) is 7.08. The van der Waals surface area contributed by atoms with Crippen molar-refractivity contribution in [3.05, 3.63) is 52.1 Å². The molecule has 1 aromatic carbocycles. The lowest BCUT2D eigenvalue weighted by atomic mass is 10.3. The number of benzene rings is 1. The van der Waals surface area contributed by atoms with E-state index in [1.54, 1.807) is 26.0 Å². The average Bonchev–Trinajstić information content (AvgIpc) is 2.48. The van der Waals surface area contributed by atoms with Gasteiger partial charge in [0.25, 0.3) is 5.91 Å². The van der Waals surface area contributed by atoms with Gasteiger partial charge in [0, 0.05) is 11.9 Å². The number of anilines is 1. The van der Waals surface area contributed by atoms with Crippen LogP contribution in [0, 0.1) is 6.92 Å². The van der Waals surface area contributed by atoms with Crippen LogP contribution in [0.15, 0.2) is 36.5 Å². The van der Waals surface area contributed by atoms with Gasteiger partial charge in [-0.05, 0) is 31.5 Å². The maximum atomic E-state index is 12.0. The van der Waals surface area contributed by atoms with E-state index < -0.39 is 6.10 Å². The van der Waals surface area contributed by atoms with E-state index in [-0.39, 0.29) is 11.8 Å². The molecule has 0 aliphatic heterocycles. The molecule has 0 fully saturated rings. The van der Waals surface area contributed by atoms with Gasteiger partial charge >= 0.3 is 0 Å². The number of nitrogens with zero attached hydrogens (tertiary/aromatic N) is 1. The molecule has 0 aliphatic rings. The van der Waals surface area contributed by atoms with Crippen LogP contribution in [0.3, 0.4) is 0 Å². The number of halogens is 2. The van der Waals surface area contributed by atoms with Crippen molar-refractivity contribution in [3.63, 3.8) is 0 Å². The van der Waals surface area contributed by atoms with Gasteiger partial charge in [-0.25, -0.2) is 4.98 Å². The van der Waals surface area contributed by atoms with Crippen molar-refractivity contribution >= 4 is 34.8 Å². The second kappa shape index (κ2) is 6.78. The Hall–Kier alpha value is -1.78. The van der Waals surface area contributed by atoms with E-state index in [9.17, 15) is 4.79 Å². The first-order valence-electron chi connectivity index (χ1n) is 6.32. The number of carbonyl (C=O) groups excluding carboxylic acids is 1. The minimum atomic E-state index is -0.740. The monoisotopic (exact) mass is 324 g/mol. The molecule has 4 nitrogen and oxygen atoms in total. The van der Waals surface area contributed by atoms with Crippen LogP contribution in [-0.2, 0) is 4.79 Å². The maximum Gasteiger partial charge on any atom is 0.265 e. The highest BCUT2D eigenvalue weighted by Gasteiger charge is 2.18. The number of aromatic nitrogens is 1. The number of amides is 1. The second-order valence-electron chi connectivity index (χ2n) is 4.47. The minimum Gasteiger partial charge on any atom is -0.463 e. The molecule has 2 aromatic rings. The van der Waals surface area contributed by atoms with Gasteiger partial charge < -0.3 is 10.1 Å². The zero-order valence-electron chi connectivity index (χ0n) is 11.6. The molecule has 1 unspecified atom stereocenters. The lowest BCUT2D eigenvalue weighted by molar-refractivity contribution is -0.122. The highest BCUT2D eigenvalue weighted by molar-refractivity contribution is 6.36. The Morgan fingerprint density at radius 3 is 2.62 bits per heavy atom. The summed E-state index contributed by atoms with van der Waals surface area (Å²) in [6.07, 6.45) is 0.704. The Bertz CT molecular complexity index is 648. The Morgan fingerprint density at radius 2 is 1.95 bits per heavy atom. The first-order chi connectivity index (χ1) is 9.99. The van der Waals surface area contributed by atoms with Crippen molar-refractivity contribution in [1.29, 1.82) is 0 Å². The Balaban J connectivity index is 2.06. The molecule has 1 atom stereocenters. The van der Waals surface area contributed by atoms with Crippen LogP contribution < -0.4 is 10.1 Å². The highest BCUT2D eigenvalue weighted by Crippen LogP contribution is 2.30. The van der Waals surface area contributed by atoms with Gasteiger partial charge in [-0.15, -0.1) is 0 Å². The quantitative estimate of drug-likeness (QED) is 0.921. The molecular weight excluding hydrogens is 311 g/mol. The Morgan fingerprint density at radius 1 is 1.29 bits per heavy atom. The lowest BCUT2D eigenvalue weighted by Gasteiger charge is -2.15. The predicted molar refractivity (Wildman–Crippen MR) is 84.2 cm³/mol. The SMILES string of the molecule is Cc1c(Cl)cnc(OC(C)C(=O)Nc2ccccc2)c1Cl. The highest BCUT2D eigenvalue weighted by atomic mass is 35.5. The third kappa shape index (κ3) is 3.86. The van der Waals surface area contributed by atoms with Crippen LogP contribution in [0.4, 0.5) is 5.69 Å². The van der Waals surface area contributed by atoms with Gasteiger partial charge in [0.15, 0.2) is 6.10 Å². The molecule has 21 heavy (non-hydrogen) atoms. The summed E-state index contributed by atoms with van der Waals surface area (Å²) in [5.41, 5.74) is 1.36. The molecule has 0 radical (unpaired) electrons. The molecule has 0 bridgehead atoms. The number of hydrogen-bond acceptors (Lipinski definition) is 3. The van der Waals surface area contributed by atoms with E-state index in [1.807, 2.05) is 18.2 Å². The summed E-state index contributed by atoms with van der Waals surface area (Å²) in [5, 5.41) is 3.51. The van der Waals surface area contributed by atoms with Crippen LogP contribution in [0.2, 0.25) is 10.0 Å². The molecule has 2 rings (SSSR count). The molecule has 0 spiro atoms. The second-order valence-corrected chi connectivity index (χ2v) is 5.25. The molecular formula is C15H14Cl2N2O2. The molecule has 1 heterocycles. The third-order valence-electron chi connectivity index (χ3n) is 2.87. The Labute approximate surface area is 133 Å². The van der Waals surface area contributed by atoms with Crippen molar-refractivity contribution in [1.82, 2.24) is 4.98 Å². The molecule has 1 N–H and O–H groups in total. The number of hydrogen-bond donors (Lipinski definition) is 1. The zero-order valence-corrected chi connectivity index (χ0v) is 13.1. The summed E-state index contributed by atoms with van der Waals surface area (Å²) in [5.74, 6) is -0.0963. The summed E-state index contributed by atoms with van der Waals surface area (Å²) in [6.45, 7) is 3.38. The van der Waals surface area contributed by atoms with Gasteiger partial charge in [-0.3, -0.25) is 4.79 Å². The number of ether oxygens (including phenoxy) is 1.